The molecule has 0 aliphatic carbocycles. The quantitative estimate of drug-likeness (QED) is 0.222. The molecule has 10 heteroatoms. The van der Waals surface area contributed by atoms with Crippen molar-refractivity contribution >= 4 is 34.6 Å². The van der Waals surface area contributed by atoms with Crippen molar-refractivity contribution in [1.29, 1.82) is 0 Å². The van der Waals surface area contributed by atoms with Crippen molar-refractivity contribution in [3.63, 3.8) is 0 Å². The summed E-state index contributed by atoms with van der Waals surface area (Å²) in [6.07, 6.45) is 3.65. The highest BCUT2D eigenvalue weighted by Crippen LogP contribution is 2.40. The Hall–Kier alpha value is -4.93. The molecule has 3 heterocycles. The van der Waals surface area contributed by atoms with Gasteiger partial charge in [-0.05, 0) is 41.8 Å². The minimum atomic E-state index is -0.304. The van der Waals surface area contributed by atoms with Gasteiger partial charge in [-0.2, -0.15) is 0 Å². The molecule has 2 aliphatic heterocycles. The molecule has 2 unspecified atom stereocenters. The number of carbonyl (C=O) groups is 1. The Morgan fingerprint density at radius 3 is 2.66 bits per heavy atom. The van der Waals surface area contributed by atoms with E-state index in [1.807, 2.05) is 48.4 Å². The lowest BCUT2D eigenvalue weighted by Gasteiger charge is -2.34. The Balaban J connectivity index is 1.28. The summed E-state index contributed by atoms with van der Waals surface area (Å²) in [4.78, 5) is 29.7. The fourth-order valence-electron chi connectivity index (χ4n) is 5.65. The van der Waals surface area contributed by atoms with E-state index in [2.05, 4.69) is 68.5 Å². The Bertz CT molecular complexity index is 1630. The van der Waals surface area contributed by atoms with Gasteiger partial charge >= 0.3 is 0 Å². The zero-order valence-electron chi connectivity index (χ0n) is 24.9. The molecule has 1 amide bonds. The van der Waals surface area contributed by atoms with Crippen molar-refractivity contribution in [1.82, 2.24) is 9.97 Å². The van der Waals surface area contributed by atoms with E-state index < -0.39 is 0 Å². The van der Waals surface area contributed by atoms with Crippen molar-refractivity contribution in [2.75, 3.05) is 54.0 Å². The van der Waals surface area contributed by atoms with Crippen molar-refractivity contribution in [2.24, 2.45) is 0 Å². The molecular weight excluding hydrogens is 556 g/mol. The number of benzene rings is 3. The van der Waals surface area contributed by atoms with E-state index in [9.17, 15) is 4.79 Å². The van der Waals surface area contributed by atoms with Crippen LogP contribution in [0.2, 0.25) is 0 Å². The summed E-state index contributed by atoms with van der Waals surface area (Å²) in [5.41, 5.74) is 5.57. The summed E-state index contributed by atoms with van der Waals surface area (Å²) >= 11 is 0. The molecule has 226 valence electrons. The minimum Gasteiger partial charge on any atom is -0.494 e. The second kappa shape index (κ2) is 13.2. The van der Waals surface area contributed by atoms with Gasteiger partial charge in [-0.15, -0.1) is 0 Å². The van der Waals surface area contributed by atoms with Crippen molar-refractivity contribution in [3.05, 3.63) is 97.3 Å². The number of anilines is 5. The fourth-order valence-corrected chi connectivity index (χ4v) is 5.65. The molecule has 44 heavy (non-hydrogen) atoms. The molecule has 2 N–H and O–H groups in total. The molecule has 0 radical (unpaired) electrons. The van der Waals surface area contributed by atoms with E-state index in [4.69, 9.17) is 14.3 Å². The summed E-state index contributed by atoms with van der Waals surface area (Å²) in [6, 6.07) is 24.5. The zero-order valence-corrected chi connectivity index (χ0v) is 24.9. The Labute approximate surface area is 257 Å². The molecule has 2 fully saturated rings. The average molecular weight is 593 g/mol. The number of aromatic nitrogens is 2. The number of morpholine rings is 1. The van der Waals surface area contributed by atoms with Gasteiger partial charge in [-0.25, -0.2) is 15.0 Å². The SMILES string of the molecule is C=CC(=O)Nc1cc(Nc2cc(N3OCCC3c3cccc(-c4ccccc4)c3)ncn2)c(OC)cc1N1CCOC(C)C1. The van der Waals surface area contributed by atoms with Crippen LogP contribution in [-0.2, 0) is 14.4 Å². The summed E-state index contributed by atoms with van der Waals surface area (Å²) in [5, 5.41) is 8.17. The maximum absolute atomic E-state index is 12.4. The van der Waals surface area contributed by atoms with Crippen LogP contribution in [0.25, 0.3) is 11.1 Å². The molecule has 3 aromatic carbocycles. The van der Waals surface area contributed by atoms with E-state index in [0.717, 1.165) is 23.2 Å². The number of hydrogen-bond donors (Lipinski definition) is 2. The highest BCUT2D eigenvalue weighted by atomic mass is 16.7. The van der Waals surface area contributed by atoms with Crippen LogP contribution < -0.4 is 25.3 Å². The standard InChI is InChI=1S/C34H36N6O4/c1-4-34(41)38-27-18-28(31(42-3)19-30(27)39-14-16-43-23(2)21-39)37-32-20-33(36-22-35-32)40-29(13-15-44-40)26-12-8-11-25(17-26)24-9-6-5-7-10-24/h4-12,17-20,22-23,29H,1,13-16,21H2,2-3H3,(H,38,41)(H,35,36,37). The van der Waals surface area contributed by atoms with Crippen LogP contribution in [-0.4, -0.2) is 55.4 Å². The highest BCUT2D eigenvalue weighted by Gasteiger charge is 2.30. The topological polar surface area (TPSA) is 101 Å². The summed E-state index contributed by atoms with van der Waals surface area (Å²) in [7, 11) is 1.62. The van der Waals surface area contributed by atoms with Gasteiger partial charge in [-0.3, -0.25) is 9.63 Å². The van der Waals surface area contributed by atoms with Crippen LogP contribution in [0.4, 0.5) is 28.7 Å². The second-order valence-corrected chi connectivity index (χ2v) is 10.7. The Kier molecular flexibility index (Phi) is 8.71. The molecule has 0 bridgehead atoms. The maximum Gasteiger partial charge on any atom is 0.247 e. The number of carbonyl (C=O) groups excluding carboxylic acids is 1. The molecule has 1 aromatic heterocycles. The molecule has 10 nitrogen and oxygen atoms in total. The number of rotatable bonds is 9. The molecule has 2 aliphatic rings. The normalized spacial score (nSPS) is 18.1. The first-order chi connectivity index (χ1) is 21.5. The van der Waals surface area contributed by atoms with Gasteiger partial charge in [0.25, 0.3) is 0 Å². The van der Waals surface area contributed by atoms with Crippen molar-refractivity contribution in [2.45, 2.75) is 25.5 Å². The molecule has 4 aromatic rings. The van der Waals surface area contributed by atoms with E-state index in [1.54, 1.807) is 7.11 Å². The van der Waals surface area contributed by atoms with E-state index in [-0.39, 0.29) is 18.1 Å². The number of hydrogen-bond acceptors (Lipinski definition) is 9. The van der Waals surface area contributed by atoms with Crippen LogP contribution in [0, 0.1) is 0 Å². The van der Waals surface area contributed by atoms with Gasteiger partial charge < -0.3 is 25.0 Å². The van der Waals surface area contributed by atoms with Crippen molar-refractivity contribution in [3.8, 4) is 16.9 Å². The fraction of sp³-hybridized carbons (Fsp3) is 0.265. The van der Waals surface area contributed by atoms with Crippen molar-refractivity contribution < 1.29 is 19.1 Å². The van der Waals surface area contributed by atoms with Crippen LogP contribution in [0.5, 0.6) is 5.75 Å². The van der Waals surface area contributed by atoms with Crippen LogP contribution in [0.1, 0.15) is 24.9 Å². The molecular formula is C34H36N6O4. The first-order valence-electron chi connectivity index (χ1n) is 14.7. The van der Waals surface area contributed by atoms with Gasteiger partial charge in [0.1, 0.15) is 17.9 Å². The highest BCUT2D eigenvalue weighted by molar-refractivity contribution is 6.02. The predicted molar refractivity (Wildman–Crippen MR) is 172 cm³/mol. The third-order valence-electron chi connectivity index (χ3n) is 7.77. The summed E-state index contributed by atoms with van der Waals surface area (Å²) in [6.45, 7) is 8.20. The second-order valence-electron chi connectivity index (χ2n) is 10.7. The Morgan fingerprint density at radius 1 is 1.02 bits per heavy atom. The van der Waals surface area contributed by atoms with Gasteiger partial charge in [0.2, 0.25) is 5.91 Å². The number of ether oxygens (including phenoxy) is 2. The number of nitrogens with zero attached hydrogens (tertiary/aromatic N) is 4. The van der Waals surface area contributed by atoms with Crippen LogP contribution >= 0.6 is 0 Å². The van der Waals surface area contributed by atoms with Gasteiger partial charge in [-0.1, -0.05) is 55.1 Å². The lowest BCUT2D eigenvalue weighted by atomic mass is 9.98. The third kappa shape index (κ3) is 6.36. The van der Waals surface area contributed by atoms with Crippen LogP contribution in [0.15, 0.2) is 91.8 Å². The van der Waals surface area contributed by atoms with E-state index >= 15 is 0 Å². The third-order valence-corrected chi connectivity index (χ3v) is 7.77. The largest absolute Gasteiger partial charge is 0.494 e. The molecule has 2 atom stereocenters. The predicted octanol–water partition coefficient (Wildman–Crippen LogP) is 6.13. The Morgan fingerprint density at radius 2 is 1.86 bits per heavy atom. The van der Waals surface area contributed by atoms with Gasteiger partial charge in [0.05, 0.1) is 49.5 Å². The lowest BCUT2D eigenvalue weighted by Crippen LogP contribution is -2.41. The number of methoxy groups -OCH3 is 1. The van der Waals surface area contributed by atoms with Gasteiger partial charge in [0.15, 0.2) is 5.82 Å². The molecule has 6 rings (SSSR count). The van der Waals surface area contributed by atoms with Gasteiger partial charge in [0, 0.05) is 31.6 Å². The smallest absolute Gasteiger partial charge is 0.247 e. The summed E-state index contributed by atoms with van der Waals surface area (Å²) < 4.78 is 11.5. The maximum atomic E-state index is 12.4. The first kappa shape index (κ1) is 29.2. The zero-order chi connectivity index (χ0) is 30.5. The monoisotopic (exact) mass is 592 g/mol. The number of hydroxylamine groups is 1. The number of amides is 1. The van der Waals surface area contributed by atoms with E-state index in [0.29, 0.717) is 55.1 Å². The lowest BCUT2D eigenvalue weighted by molar-refractivity contribution is -0.111. The molecule has 2 saturated heterocycles. The first-order valence-corrected chi connectivity index (χ1v) is 14.7. The van der Waals surface area contributed by atoms with Crippen LogP contribution in [0.3, 0.4) is 0 Å². The molecule has 0 saturated carbocycles. The number of nitrogens with one attached hydrogen (secondary N) is 2. The average Bonchev–Trinajstić information content (AvgIpc) is 3.56. The molecule has 0 spiro atoms. The summed E-state index contributed by atoms with van der Waals surface area (Å²) in [5.74, 6) is 1.48. The van der Waals surface area contributed by atoms with E-state index in [1.165, 1.54) is 18.0 Å². The minimum absolute atomic E-state index is 0.00753.